The SMILES string of the molecule is COc1cc(C)c(S(=O)(=O)N(C)CCOCC(=O)N2CCC(CCCN3CCCC3)(c3ccncc3)CC2)c(C)c1C. The monoisotopic (exact) mass is 600 g/mol. The molecule has 9 nitrogen and oxygen atoms in total. The Morgan fingerprint density at radius 1 is 1.05 bits per heavy atom. The van der Waals surface area contributed by atoms with Gasteiger partial charge in [0.05, 0.1) is 18.6 Å². The second-order valence-electron chi connectivity index (χ2n) is 11.9. The molecule has 1 aromatic carbocycles. The molecule has 3 heterocycles. The molecule has 2 aliphatic rings. The molecule has 2 saturated heterocycles. The van der Waals surface area contributed by atoms with Crippen LogP contribution in [0.15, 0.2) is 35.5 Å². The second kappa shape index (κ2) is 14.3. The Balaban J connectivity index is 1.27. The first kappa shape index (κ1) is 32.4. The summed E-state index contributed by atoms with van der Waals surface area (Å²) in [6.45, 7) is 10.6. The Labute approximate surface area is 252 Å². The number of amides is 1. The molecule has 0 bridgehead atoms. The highest BCUT2D eigenvalue weighted by Gasteiger charge is 2.37. The molecule has 0 unspecified atom stereocenters. The van der Waals surface area contributed by atoms with Crippen molar-refractivity contribution in [2.45, 2.75) is 69.6 Å². The van der Waals surface area contributed by atoms with Crippen LogP contribution in [-0.4, -0.2) is 100 Å². The van der Waals surface area contributed by atoms with E-state index in [-0.39, 0.29) is 31.1 Å². The van der Waals surface area contributed by atoms with Crippen molar-refractivity contribution >= 4 is 15.9 Å². The third-order valence-corrected chi connectivity index (χ3v) is 11.5. The lowest BCUT2D eigenvalue weighted by Gasteiger charge is -2.42. The van der Waals surface area contributed by atoms with Crippen LogP contribution in [0.1, 0.15) is 60.8 Å². The topological polar surface area (TPSA) is 92.3 Å². The molecule has 0 radical (unpaired) electrons. The highest BCUT2D eigenvalue weighted by Crippen LogP contribution is 2.40. The Morgan fingerprint density at radius 3 is 2.36 bits per heavy atom. The number of hydrogen-bond donors (Lipinski definition) is 0. The van der Waals surface area contributed by atoms with Crippen LogP contribution in [0.5, 0.6) is 5.75 Å². The Hall–Kier alpha value is -2.53. The van der Waals surface area contributed by atoms with Crippen LogP contribution in [0.2, 0.25) is 0 Å². The van der Waals surface area contributed by atoms with Crippen molar-refractivity contribution in [1.82, 2.24) is 19.1 Å². The van der Waals surface area contributed by atoms with Gasteiger partial charge >= 0.3 is 0 Å². The molecule has 232 valence electrons. The number of pyridine rings is 1. The number of rotatable bonds is 13. The third-order valence-electron chi connectivity index (χ3n) is 9.34. The first-order chi connectivity index (χ1) is 20.1. The Kier molecular flexibility index (Phi) is 11.0. The molecule has 0 atom stereocenters. The zero-order valence-corrected chi connectivity index (χ0v) is 26.8. The first-order valence-corrected chi connectivity index (χ1v) is 16.6. The summed E-state index contributed by atoms with van der Waals surface area (Å²) in [4.78, 5) is 22.0. The van der Waals surface area contributed by atoms with Crippen LogP contribution >= 0.6 is 0 Å². The normalized spacial score (nSPS) is 17.6. The van der Waals surface area contributed by atoms with Crippen LogP contribution in [-0.2, 0) is 25.0 Å². The van der Waals surface area contributed by atoms with Crippen molar-refractivity contribution in [2.24, 2.45) is 0 Å². The molecule has 2 aromatic rings. The van der Waals surface area contributed by atoms with Gasteiger partial charge in [-0.1, -0.05) is 0 Å². The van der Waals surface area contributed by atoms with E-state index in [1.165, 1.54) is 35.8 Å². The van der Waals surface area contributed by atoms with Crippen molar-refractivity contribution in [3.8, 4) is 5.75 Å². The fraction of sp³-hybridized carbons (Fsp3) is 0.625. The van der Waals surface area contributed by atoms with E-state index in [0.717, 1.165) is 37.8 Å². The number of hydrogen-bond acceptors (Lipinski definition) is 7. The third kappa shape index (κ3) is 7.33. The first-order valence-electron chi connectivity index (χ1n) is 15.2. The molecule has 0 spiro atoms. The van der Waals surface area contributed by atoms with Crippen molar-refractivity contribution in [2.75, 3.05) is 66.6 Å². The smallest absolute Gasteiger partial charge is 0.248 e. The number of nitrogens with zero attached hydrogens (tertiary/aromatic N) is 4. The summed E-state index contributed by atoms with van der Waals surface area (Å²) in [6, 6.07) is 6.03. The maximum Gasteiger partial charge on any atom is 0.248 e. The molecular weight excluding hydrogens is 552 g/mol. The van der Waals surface area contributed by atoms with Gasteiger partial charge < -0.3 is 19.3 Å². The van der Waals surface area contributed by atoms with Crippen LogP contribution in [0.4, 0.5) is 0 Å². The minimum Gasteiger partial charge on any atom is -0.496 e. The van der Waals surface area contributed by atoms with Gasteiger partial charge in [0.15, 0.2) is 0 Å². The number of likely N-dealkylation sites (N-methyl/N-ethyl adjacent to an activating group) is 1. The molecule has 0 saturated carbocycles. The maximum absolute atomic E-state index is 13.4. The van der Waals surface area contributed by atoms with E-state index in [1.807, 2.05) is 24.2 Å². The molecule has 0 N–H and O–H groups in total. The van der Waals surface area contributed by atoms with Crippen molar-refractivity contribution in [3.05, 3.63) is 52.8 Å². The van der Waals surface area contributed by atoms with Gasteiger partial charge in [0.25, 0.3) is 0 Å². The molecule has 2 aliphatic heterocycles. The van der Waals surface area contributed by atoms with E-state index >= 15 is 0 Å². The van der Waals surface area contributed by atoms with Crippen molar-refractivity contribution < 1.29 is 22.7 Å². The van der Waals surface area contributed by atoms with Gasteiger partial charge in [-0.05, 0) is 125 Å². The Bertz CT molecular complexity index is 1300. The van der Waals surface area contributed by atoms with E-state index < -0.39 is 10.0 Å². The fourth-order valence-corrected chi connectivity index (χ4v) is 8.20. The number of carbonyl (C=O) groups excluding carboxylic acids is 1. The van der Waals surface area contributed by atoms with Gasteiger partial charge in [-0.15, -0.1) is 0 Å². The predicted molar refractivity (Wildman–Crippen MR) is 164 cm³/mol. The largest absolute Gasteiger partial charge is 0.496 e. The van der Waals surface area contributed by atoms with Gasteiger partial charge in [-0.2, -0.15) is 4.31 Å². The number of ether oxygens (including phenoxy) is 2. The van der Waals surface area contributed by atoms with Gasteiger partial charge in [-0.25, -0.2) is 8.42 Å². The highest BCUT2D eigenvalue weighted by molar-refractivity contribution is 7.89. The standard InChI is InChI=1S/C32H48N4O5S/c1-25-23-29(40-5)26(2)27(3)31(25)42(38,39)34(4)21-22-41-24-30(37)36-19-12-32(13-20-36,28-9-14-33-15-10-28)11-8-18-35-16-6-7-17-35/h9-10,14-15,23H,6-8,11-13,16-22,24H2,1-5H3. The molecule has 0 aliphatic carbocycles. The number of sulfonamides is 1. The molecular formula is C32H48N4O5S. The molecule has 4 rings (SSSR count). The zero-order chi connectivity index (χ0) is 30.3. The number of likely N-dealkylation sites (tertiary alicyclic amines) is 2. The van der Waals surface area contributed by atoms with Crippen molar-refractivity contribution in [1.29, 1.82) is 0 Å². The van der Waals surface area contributed by atoms with Crippen LogP contribution in [0.3, 0.4) is 0 Å². The highest BCUT2D eigenvalue weighted by atomic mass is 32.2. The summed E-state index contributed by atoms with van der Waals surface area (Å²) in [5.74, 6) is 0.629. The minimum absolute atomic E-state index is 0.0432. The van der Waals surface area contributed by atoms with E-state index in [2.05, 4.69) is 22.0 Å². The van der Waals surface area contributed by atoms with Crippen LogP contribution in [0, 0.1) is 20.8 Å². The molecule has 1 amide bonds. The lowest BCUT2D eigenvalue weighted by molar-refractivity contribution is -0.137. The number of aryl methyl sites for hydroxylation is 1. The fourth-order valence-electron chi connectivity index (χ4n) is 6.57. The van der Waals surface area contributed by atoms with Crippen molar-refractivity contribution in [3.63, 3.8) is 0 Å². The summed E-state index contributed by atoms with van der Waals surface area (Å²) in [5.41, 5.74) is 3.51. The van der Waals surface area contributed by atoms with Gasteiger partial charge in [0, 0.05) is 39.1 Å². The zero-order valence-electron chi connectivity index (χ0n) is 26.0. The summed E-state index contributed by atoms with van der Waals surface area (Å²) >= 11 is 0. The Morgan fingerprint density at radius 2 is 1.71 bits per heavy atom. The van der Waals surface area contributed by atoms with E-state index in [4.69, 9.17) is 9.47 Å². The number of carbonyl (C=O) groups is 1. The lowest BCUT2D eigenvalue weighted by atomic mass is 9.70. The minimum atomic E-state index is -3.73. The van der Waals surface area contributed by atoms with Gasteiger partial charge in [0.2, 0.25) is 15.9 Å². The van der Waals surface area contributed by atoms with E-state index in [9.17, 15) is 13.2 Å². The van der Waals surface area contributed by atoms with Gasteiger partial charge in [0.1, 0.15) is 12.4 Å². The van der Waals surface area contributed by atoms with Crippen LogP contribution < -0.4 is 4.74 Å². The van der Waals surface area contributed by atoms with Gasteiger partial charge in [-0.3, -0.25) is 9.78 Å². The quantitative estimate of drug-likeness (QED) is 0.320. The second-order valence-corrected chi connectivity index (χ2v) is 13.9. The number of piperidine rings is 1. The number of benzene rings is 1. The molecule has 10 heteroatoms. The summed E-state index contributed by atoms with van der Waals surface area (Å²) in [5, 5.41) is 0. The summed E-state index contributed by atoms with van der Waals surface area (Å²) < 4.78 is 39.1. The summed E-state index contributed by atoms with van der Waals surface area (Å²) in [7, 11) is -0.598. The molecule has 1 aromatic heterocycles. The van der Waals surface area contributed by atoms with E-state index in [1.54, 1.807) is 34.1 Å². The summed E-state index contributed by atoms with van der Waals surface area (Å²) in [6.07, 6.45) is 10.5. The maximum atomic E-state index is 13.4. The predicted octanol–water partition coefficient (Wildman–Crippen LogP) is 4.09. The van der Waals surface area contributed by atoms with E-state index in [0.29, 0.717) is 34.9 Å². The lowest BCUT2D eigenvalue weighted by Crippen LogP contribution is -2.46. The number of methoxy groups -OCH3 is 1. The average molecular weight is 601 g/mol. The molecule has 42 heavy (non-hydrogen) atoms. The average Bonchev–Trinajstić information content (AvgIpc) is 3.51. The number of aromatic nitrogens is 1. The molecule has 2 fully saturated rings. The van der Waals surface area contributed by atoms with Crippen LogP contribution in [0.25, 0.3) is 0 Å².